The first-order valence-corrected chi connectivity index (χ1v) is 5.03. The van der Waals surface area contributed by atoms with Crippen molar-refractivity contribution in [1.29, 1.82) is 0 Å². The fourth-order valence-electron chi connectivity index (χ4n) is 1.75. The molecular weight excluding hydrogens is 193 g/mol. The van der Waals surface area contributed by atoms with Crippen LogP contribution in [-0.4, -0.2) is 24.3 Å². The van der Waals surface area contributed by atoms with E-state index in [1.54, 1.807) is 19.1 Å². The number of rotatable bonds is 1. The maximum absolute atomic E-state index is 13.1. The van der Waals surface area contributed by atoms with E-state index in [0.717, 1.165) is 17.7 Å². The van der Waals surface area contributed by atoms with Crippen molar-refractivity contribution in [2.45, 2.75) is 13.0 Å². The van der Waals surface area contributed by atoms with E-state index >= 15 is 0 Å². The number of hydrogen-bond donors (Lipinski definition) is 2. The van der Waals surface area contributed by atoms with E-state index in [-0.39, 0.29) is 5.82 Å². The zero-order chi connectivity index (χ0) is 10.8. The van der Waals surface area contributed by atoms with E-state index in [1.807, 2.05) is 6.08 Å². The second kappa shape index (κ2) is 4.13. The lowest BCUT2D eigenvalue weighted by molar-refractivity contribution is 0.217. The van der Waals surface area contributed by atoms with Crippen molar-refractivity contribution < 1.29 is 9.50 Å². The number of halogens is 1. The third-order valence-electron chi connectivity index (χ3n) is 2.59. The Balaban J connectivity index is 2.33. The smallest absolute Gasteiger partial charge is 0.126 e. The Morgan fingerprint density at radius 3 is 2.93 bits per heavy atom. The summed E-state index contributed by atoms with van der Waals surface area (Å²) in [6.07, 6.45) is 1.38. The van der Waals surface area contributed by atoms with Crippen LogP contribution in [0, 0.1) is 12.7 Å². The monoisotopic (exact) mass is 207 g/mol. The van der Waals surface area contributed by atoms with Crippen LogP contribution >= 0.6 is 0 Å². The lowest BCUT2D eigenvalue weighted by atomic mass is 9.99. The molecule has 0 aliphatic carbocycles. The Labute approximate surface area is 88.4 Å². The van der Waals surface area contributed by atoms with Crippen LogP contribution in [0.5, 0.6) is 0 Å². The Morgan fingerprint density at radius 1 is 1.47 bits per heavy atom. The Morgan fingerprint density at radius 2 is 2.27 bits per heavy atom. The first-order chi connectivity index (χ1) is 7.16. The first kappa shape index (κ1) is 10.3. The van der Waals surface area contributed by atoms with Gasteiger partial charge in [-0.05, 0) is 41.8 Å². The lowest BCUT2D eigenvalue weighted by Crippen LogP contribution is -2.31. The minimum absolute atomic E-state index is 0.191. The Kier molecular flexibility index (Phi) is 2.84. The highest BCUT2D eigenvalue weighted by molar-refractivity contribution is 5.68. The second-order valence-electron chi connectivity index (χ2n) is 3.85. The SMILES string of the molecule is Cc1cc(C2=CC(O)CNC2)ccc1F. The molecule has 0 saturated carbocycles. The molecule has 1 atom stereocenters. The molecule has 1 aliphatic heterocycles. The van der Waals surface area contributed by atoms with E-state index in [4.69, 9.17) is 0 Å². The average molecular weight is 207 g/mol. The molecule has 2 N–H and O–H groups in total. The molecule has 2 nitrogen and oxygen atoms in total. The average Bonchev–Trinajstić information content (AvgIpc) is 2.22. The molecule has 15 heavy (non-hydrogen) atoms. The number of aryl methyl sites for hydroxylation is 1. The van der Waals surface area contributed by atoms with Crippen molar-refractivity contribution in [2.24, 2.45) is 0 Å². The van der Waals surface area contributed by atoms with Gasteiger partial charge in [0.15, 0.2) is 0 Å². The molecule has 1 aromatic rings. The number of hydrogen-bond acceptors (Lipinski definition) is 2. The zero-order valence-corrected chi connectivity index (χ0v) is 8.63. The number of benzene rings is 1. The molecule has 0 saturated heterocycles. The number of β-amino-alcohol motifs (C(OH)–C–C–N with tert-alkyl or cyclic N) is 1. The van der Waals surface area contributed by atoms with E-state index in [0.29, 0.717) is 12.1 Å². The van der Waals surface area contributed by atoms with Gasteiger partial charge in [0.2, 0.25) is 0 Å². The molecular formula is C12H14FNO. The summed E-state index contributed by atoms with van der Waals surface area (Å²) in [5.41, 5.74) is 2.63. The molecule has 0 bridgehead atoms. The van der Waals surface area contributed by atoms with E-state index in [9.17, 15) is 9.50 Å². The quantitative estimate of drug-likeness (QED) is 0.731. The van der Waals surface area contributed by atoms with Crippen molar-refractivity contribution in [1.82, 2.24) is 5.32 Å². The summed E-state index contributed by atoms with van der Waals surface area (Å²) in [5, 5.41) is 12.6. The van der Waals surface area contributed by atoms with Crippen molar-refractivity contribution >= 4 is 5.57 Å². The zero-order valence-electron chi connectivity index (χ0n) is 8.63. The van der Waals surface area contributed by atoms with E-state index in [1.165, 1.54) is 6.07 Å². The van der Waals surface area contributed by atoms with Crippen LogP contribution in [0.2, 0.25) is 0 Å². The summed E-state index contributed by atoms with van der Waals surface area (Å²) < 4.78 is 13.1. The maximum atomic E-state index is 13.1. The largest absolute Gasteiger partial charge is 0.388 e. The van der Waals surface area contributed by atoms with Gasteiger partial charge in [-0.15, -0.1) is 0 Å². The van der Waals surface area contributed by atoms with Gasteiger partial charge in [0, 0.05) is 13.1 Å². The molecule has 3 heteroatoms. The number of nitrogens with one attached hydrogen (secondary N) is 1. The van der Waals surface area contributed by atoms with Crippen molar-refractivity contribution in [2.75, 3.05) is 13.1 Å². The molecule has 0 spiro atoms. The molecule has 1 heterocycles. The third-order valence-corrected chi connectivity index (χ3v) is 2.59. The second-order valence-corrected chi connectivity index (χ2v) is 3.85. The Bertz CT molecular complexity index is 401. The highest BCUT2D eigenvalue weighted by atomic mass is 19.1. The molecule has 0 fully saturated rings. The summed E-state index contributed by atoms with van der Waals surface area (Å²) in [6, 6.07) is 5.02. The van der Waals surface area contributed by atoms with E-state index in [2.05, 4.69) is 5.32 Å². The van der Waals surface area contributed by atoms with Gasteiger partial charge in [-0.25, -0.2) is 4.39 Å². The number of aliphatic hydroxyl groups is 1. The first-order valence-electron chi connectivity index (χ1n) is 5.03. The molecule has 1 aliphatic rings. The summed E-state index contributed by atoms with van der Waals surface area (Å²) in [5.74, 6) is -0.191. The van der Waals surface area contributed by atoms with Crippen LogP contribution in [-0.2, 0) is 0 Å². The molecule has 0 amide bonds. The van der Waals surface area contributed by atoms with Gasteiger partial charge < -0.3 is 10.4 Å². The molecule has 0 aromatic heterocycles. The predicted octanol–water partition coefficient (Wildman–Crippen LogP) is 1.48. The molecule has 2 rings (SSSR count). The van der Waals surface area contributed by atoms with Gasteiger partial charge in [0.05, 0.1) is 6.10 Å². The minimum atomic E-state index is -0.445. The third kappa shape index (κ3) is 2.25. The summed E-state index contributed by atoms with van der Waals surface area (Å²) in [6.45, 7) is 3.05. The normalized spacial score (nSPS) is 21.3. The van der Waals surface area contributed by atoms with Crippen LogP contribution in [0.1, 0.15) is 11.1 Å². The van der Waals surface area contributed by atoms with Gasteiger partial charge in [-0.1, -0.05) is 6.07 Å². The van der Waals surface area contributed by atoms with Gasteiger partial charge in [-0.2, -0.15) is 0 Å². The predicted molar refractivity (Wildman–Crippen MR) is 58.0 cm³/mol. The van der Waals surface area contributed by atoms with Crippen molar-refractivity contribution in [3.05, 3.63) is 41.2 Å². The maximum Gasteiger partial charge on any atom is 0.126 e. The molecule has 80 valence electrons. The van der Waals surface area contributed by atoms with Crippen molar-refractivity contribution in [3.63, 3.8) is 0 Å². The highest BCUT2D eigenvalue weighted by Crippen LogP contribution is 2.19. The van der Waals surface area contributed by atoms with Gasteiger partial charge >= 0.3 is 0 Å². The molecule has 0 radical (unpaired) electrons. The lowest BCUT2D eigenvalue weighted by Gasteiger charge is -2.19. The van der Waals surface area contributed by atoms with Crippen LogP contribution in [0.15, 0.2) is 24.3 Å². The Hall–Kier alpha value is -1.19. The number of aliphatic hydroxyl groups excluding tert-OH is 1. The standard InChI is InChI=1S/C12H14FNO/c1-8-4-9(2-3-12(8)13)10-5-11(15)7-14-6-10/h2-5,11,14-15H,6-7H2,1H3. The van der Waals surface area contributed by atoms with E-state index < -0.39 is 6.10 Å². The van der Waals surface area contributed by atoms with Crippen LogP contribution < -0.4 is 5.32 Å². The molecule has 1 aromatic carbocycles. The minimum Gasteiger partial charge on any atom is -0.388 e. The van der Waals surface area contributed by atoms with Gasteiger partial charge in [0.25, 0.3) is 0 Å². The summed E-state index contributed by atoms with van der Waals surface area (Å²) >= 11 is 0. The van der Waals surface area contributed by atoms with Crippen LogP contribution in [0.3, 0.4) is 0 Å². The van der Waals surface area contributed by atoms with Crippen LogP contribution in [0.4, 0.5) is 4.39 Å². The highest BCUT2D eigenvalue weighted by Gasteiger charge is 2.12. The fraction of sp³-hybridized carbons (Fsp3) is 0.333. The van der Waals surface area contributed by atoms with Crippen molar-refractivity contribution in [3.8, 4) is 0 Å². The van der Waals surface area contributed by atoms with Gasteiger partial charge in [-0.3, -0.25) is 0 Å². The molecule has 1 unspecified atom stereocenters. The van der Waals surface area contributed by atoms with Crippen LogP contribution in [0.25, 0.3) is 5.57 Å². The van der Waals surface area contributed by atoms with Gasteiger partial charge in [0.1, 0.15) is 5.82 Å². The summed E-state index contributed by atoms with van der Waals surface area (Å²) in [7, 11) is 0. The topological polar surface area (TPSA) is 32.3 Å². The fourth-order valence-corrected chi connectivity index (χ4v) is 1.75. The summed E-state index contributed by atoms with van der Waals surface area (Å²) in [4.78, 5) is 0.